The van der Waals surface area contributed by atoms with Crippen LogP contribution in [0.2, 0.25) is 0 Å². The van der Waals surface area contributed by atoms with Crippen molar-refractivity contribution in [3.8, 4) is 0 Å². The van der Waals surface area contributed by atoms with E-state index in [9.17, 15) is 0 Å². The van der Waals surface area contributed by atoms with Crippen LogP contribution in [0.4, 0.5) is 0 Å². The summed E-state index contributed by atoms with van der Waals surface area (Å²) >= 11 is 4.19. The minimum atomic E-state index is 0.294. The van der Waals surface area contributed by atoms with Gasteiger partial charge in [-0.15, -0.1) is 23.5 Å². The van der Waals surface area contributed by atoms with Gasteiger partial charge < -0.3 is 0 Å². The largest absolute Gasteiger partial charge is 0.139 e. The third-order valence-corrected chi connectivity index (χ3v) is 6.26. The molecule has 1 aromatic carbocycles. The first-order valence-electron chi connectivity index (χ1n) is 5.39. The lowest BCUT2D eigenvalue weighted by atomic mass is 9.97. The molecule has 1 heterocycles. The van der Waals surface area contributed by atoms with E-state index in [1.807, 2.05) is 0 Å². The van der Waals surface area contributed by atoms with E-state index in [1.54, 1.807) is 5.56 Å². The lowest BCUT2D eigenvalue weighted by molar-refractivity contribution is 0.981. The first-order chi connectivity index (χ1) is 7.03. The molecule has 1 aliphatic rings. The van der Waals surface area contributed by atoms with Crippen molar-refractivity contribution in [1.82, 2.24) is 0 Å². The van der Waals surface area contributed by atoms with Gasteiger partial charge in [0, 0.05) is 11.5 Å². The molecular formula is C13H18S2. The summed E-state index contributed by atoms with van der Waals surface area (Å²) in [4.78, 5) is 0. The minimum absolute atomic E-state index is 0.294. The minimum Gasteiger partial charge on any atom is -0.139 e. The standard InChI is InChI=1S/C13H18S2/c1-9-7-10(2)12(11(3)8-9)13(4)14-5-6-15-13/h7-8H,5-6H2,1-4H3. The molecule has 0 bridgehead atoms. The maximum Gasteiger partial charge on any atom is 0.0837 e. The lowest BCUT2D eigenvalue weighted by Gasteiger charge is -2.27. The molecule has 0 atom stereocenters. The second-order valence-corrected chi connectivity index (χ2v) is 7.70. The number of benzene rings is 1. The van der Waals surface area contributed by atoms with Crippen LogP contribution in [-0.2, 0) is 4.08 Å². The highest BCUT2D eigenvalue weighted by Gasteiger charge is 2.34. The van der Waals surface area contributed by atoms with E-state index in [0.29, 0.717) is 4.08 Å². The molecule has 0 aromatic heterocycles. The fourth-order valence-electron chi connectivity index (χ4n) is 2.56. The predicted molar refractivity (Wildman–Crippen MR) is 72.9 cm³/mol. The van der Waals surface area contributed by atoms with Crippen molar-refractivity contribution in [2.75, 3.05) is 11.5 Å². The zero-order valence-corrected chi connectivity index (χ0v) is 11.5. The molecule has 0 N–H and O–H groups in total. The summed E-state index contributed by atoms with van der Waals surface area (Å²) in [6.07, 6.45) is 0. The van der Waals surface area contributed by atoms with Gasteiger partial charge in [-0.05, 0) is 44.4 Å². The maximum atomic E-state index is 2.38. The molecule has 1 fully saturated rings. The van der Waals surface area contributed by atoms with E-state index >= 15 is 0 Å². The monoisotopic (exact) mass is 238 g/mol. The number of hydrogen-bond acceptors (Lipinski definition) is 2. The molecule has 2 heteroatoms. The van der Waals surface area contributed by atoms with Crippen molar-refractivity contribution >= 4 is 23.5 Å². The van der Waals surface area contributed by atoms with Crippen molar-refractivity contribution in [3.63, 3.8) is 0 Å². The van der Waals surface area contributed by atoms with Crippen molar-refractivity contribution in [2.24, 2.45) is 0 Å². The maximum absolute atomic E-state index is 2.38. The normalized spacial score (nSPS) is 19.5. The Kier molecular flexibility index (Phi) is 3.09. The second-order valence-electron chi connectivity index (χ2n) is 4.42. The molecule has 0 saturated carbocycles. The Labute approximate surface area is 101 Å². The number of thioether (sulfide) groups is 2. The van der Waals surface area contributed by atoms with E-state index in [-0.39, 0.29) is 0 Å². The number of aryl methyl sites for hydroxylation is 3. The highest BCUT2D eigenvalue weighted by molar-refractivity contribution is 8.20. The highest BCUT2D eigenvalue weighted by Crippen LogP contribution is 2.53. The van der Waals surface area contributed by atoms with Gasteiger partial charge in [0.25, 0.3) is 0 Å². The van der Waals surface area contributed by atoms with Gasteiger partial charge >= 0.3 is 0 Å². The van der Waals surface area contributed by atoms with Crippen LogP contribution in [-0.4, -0.2) is 11.5 Å². The molecule has 2 rings (SSSR count). The predicted octanol–water partition coefficient (Wildman–Crippen LogP) is 4.26. The molecule has 1 aromatic rings. The smallest absolute Gasteiger partial charge is 0.0837 e. The first kappa shape index (κ1) is 11.4. The van der Waals surface area contributed by atoms with Gasteiger partial charge in [-0.25, -0.2) is 0 Å². The Hall–Kier alpha value is -0.0800. The third-order valence-electron chi connectivity index (χ3n) is 2.97. The first-order valence-corrected chi connectivity index (χ1v) is 7.36. The summed E-state index contributed by atoms with van der Waals surface area (Å²) in [5.41, 5.74) is 5.85. The average molecular weight is 238 g/mol. The van der Waals surface area contributed by atoms with Crippen LogP contribution < -0.4 is 0 Å². The summed E-state index contributed by atoms with van der Waals surface area (Å²) in [5, 5.41) is 0. The van der Waals surface area contributed by atoms with Crippen LogP contribution in [0.3, 0.4) is 0 Å². The average Bonchev–Trinajstić information content (AvgIpc) is 2.50. The van der Waals surface area contributed by atoms with Crippen molar-refractivity contribution in [1.29, 1.82) is 0 Å². The molecule has 0 aliphatic carbocycles. The van der Waals surface area contributed by atoms with Crippen LogP contribution in [0.1, 0.15) is 29.2 Å². The van der Waals surface area contributed by atoms with Gasteiger partial charge in [0.05, 0.1) is 4.08 Å². The molecule has 1 aliphatic heterocycles. The van der Waals surface area contributed by atoms with Crippen molar-refractivity contribution in [2.45, 2.75) is 31.8 Å². The molecule has 0 unspecified atom stereocenters. The molecule has 0 radical (unpaired) electrons. The molecular weight excluding hydrogens is 220 g/mol. The molecule has 0 amide bonds. The lowest BCUT2D eigenvalue weighted by Crippen LogP contribution is -2.13. The van der Waals surface area contributed by atoms with Gasteiger partial charge in [-0.1, -0.05) is 17.7 Å². The van der Waals surface area contributed by atoms with Crippen molar-refractivity contribution in [3.05, 3.63) is 34.4 Å². The van der Waals surface area contributed by atoms with Gasteiger partial charge in [0.1, 0.15) is 0 Å². The van der Waals surface area contributed by atoms with Gasteiger partial charge in [0.15, 0.2) is 0 Å². The molecule has 0 nitrogen and oxygen atoms in total. The van der Waals surface area contributed by atoms with Crippen molar-refractivity contribution < 1.29 is 0 Å². The highest BCUT2D eigenvalue weighted by atomic mass is 32.2. The Bertz CT molecular complexity index is 353. The summed E-state index contributed by atoms with van der Waals surface area (Å²) in [6, 6.07) is 4.63. The molecule has 15 heavy (non-hydrogen) atoms. The SMILES string of the molecule is Cc1cc(C)c(C2(C)SCCS2)c(C)c1. The quantitative estimate of drug-likeness (QED) is 0.717. The number of rotatable bonds is 1. The van der Waals surface area contributed by atoms with E-state index in [2.05, 4.69) is 63.4 Å². The fraction of sp³-hybridized carbons (Fsp3) is 0.538. The van der Waals surface area contributed by atoms with E-state index in [1.165, 1.54) is 28.2 Å². The van der Waals surface area contributed by atoms with Gasteiger partial charge in [0.2, 0.25) is 0 Å². The Balaban J connectivity index is 2.52. The Morgan fingerprint density at radius 1 is 1.00 bits per heavy atom. The van der Waals surface area contributed by atoms with Gasteiger partial charge in [-0.3, -0.25) is 0 Å². The summed E-state index contributed by atoms with van der Waals surface area (Å²) in [6.45, 7) is 9.06. The van der Waals surface area contributed by atoms with Crippen LogP contribution >= 0.6 is 23.5 Å². The van der Waals surface area contributed by atoms with Crippen LogP contribution in [0.5, 0.6) is 0 Å². The fourth-order valence-corrected chi connectivity index (χ4v) is 5.77. The zero-order chi connectivity index (χ0) is 11.1. The summed E-state index contributed by atoms with van der Waals surface area (Å²) in [5.74, 6) is 2.57. The Morgan fingerprint density at radius 2 is 1.47 bits per heavy atom. The topological polar surface area (TPSA) is 0 Å². The van der Waals surface area contributed by atoms with Crippen LogP contribution in [0.25, 0.3) is 0 Å². The third kappa shape index (κ3) is 2.07. The van der Waals surface area contributed by atoms with Gasteiger partial charge in [-0.2, -0.15) is 0 Å². The second kappa shape index (κ2) is 4.06. The number of hydrogen-bond donors (Lipinski definition) is 0. The zero-order valence-electron chi connectivity index (χ0n) is 9.89. The molecule has 1 saturated heterocycles. The van der Waals surface area contributed by atoms with E-state index < -0.39 is 0 Å². The van der Waals surface area contributed by atoms with E-state index in [0.717, 1.165) is 0 Å². The molecule has 82 valence electrons. The summed E-state index contributed by atoms with van der Waals surface area (Å²) < 4.78 is 0.294. The van der Waals surface area contributed by atoms with Crippen LogP contribution in [0.15, 0.2) is 12.1 Å². The van der Waals surface area contributed by atoms with E-state index in [4.69, 9.17) is 0 Å². The Morgan fingerprint density at radius 3 is 1.93 bits per heavy atom. The van der Waals surface area contributed by atoms with Crippen LogP contribution in [0, 0.1) is 20.8 Å². The summed E-state index contributed by atoms with van der Waals surface area (Å²) in [7, 11) is 0. The molecule has 0 spiro atoms.